The number of nitrogens with one attached hydrogen (secondary N) is 3. The summed E-state index contributed by atoms with van der Waals surface area (Å²) in [5.41, 5.74) is -1.53. The number of carbonyl (C=O) groups is 5. The Kier molecular flexibility index (Phi) is 12.8. The first-order valence-corrected chi connectivity index (χ1v) is 20.3. The summed E-state index contributed by atoms with van der Waals surface area (Å²) >= 11 is 0. The lowest BCUT2D eigenvalue weighted by Crippen LogP contribution is -3.00. The summed E-state index contributed by atoms with van der Waals surface area (Å²) in [5.74, 6) is 0.767. The number of ketones is 1. The van der Waals surface area contributed by atoms with Gasteiger partial charge in [-0.25, -0.2) is 14.4 Å². The topological polar surface area (TPSA) is 182 Å². The number of likely N-dealkylation sites (N-methyl/N-ethyl adjacent to an activating group) is 2. The molecule has 57 heavy (non-hydrogen) atoms. The summed E-state index contributed by atoms with van der Waals surface area (Å²) in [7, 11) is 3.81. The van der Waals surface area contributed by atoms with Crippen LogP contribution < -0.4 is 37.8 Å². The van der Waals surface area contributed by atoms with E-state index in [1.807, 2.05) is 6.07 Å². The normalized spacial score (nSPS) is 27.4. The minimum atomic E-state index is -1.11. The molecule has 4 N–H and O–H groups in total. The molecular weight excluding hydrogens is 758 g/mol. The quantitative estimate of drug-likeness (QED) is 0.166. The molecule has 2 aliphatic heterocycles. The summed E-state index contributed by atoms with van der Waals surface area (Å²) in [5, 5.41) is 20.8. The largest absolute Gasteiger partial charge is 1.00 e. The fraction of sp³-hybridized carbons (Fsp3) is 0.732. The van der Waals surface area contributed by atoms with E-state index >= 15 is 0 Å². The number of likely N-dealkylation sites (tertiary alicyclic amines) is 1. The number of hydrogen-bond acceptors (Lipinski definition) is 10. The number of halogens is 1. The van der Waals surface area contributed by atoms with Gasteiger partial charge in [-0.2, -0.15) is 0 Å². The molecule has 318 valence electrons. The summed E-state index contributed by atoms with van der Waals surface area (Å²) in [4.78, 5) is 66.1. The van der Waals surface area contributed by atoms with Crippen molar-refractivity contribution in [2.45, 2.75) is 140 Å². The van der Waals surface area contributed by atoms with Crippen molar-refractivity contribution < 1.29 is 64.9 Å². The van der Waals surface area contributed by atoms with Crippen LogP contribution in [0.5, 0.6) is 11.5 Å². The Morgan fingerprint density at radius 2 is 1.68 bits per heavy atom. The second-order valence-corrected chi connectivity index (χ2v) is 18.8. The van der Waals surface area contributed by atoms with Crippen LogP contribution in [0.25, 0.3) is 0 Å². The molecule has 2 bridgehead atoms. The molecule has 3 aliphatic carbocycles. The molecule has 1 spiro atoms. The van der Waals surface area contributed by atoms with Crippen LogP contribution in [-0.2, 0) is 30.9 Å². The van der Waals surface area contributed by atoms with Crippen molar-refractivity contribution in [1.82, 2.24) is 20.9 Å². The maximum atomic E-state index is 13.5. The second kappa shape index (κ2) is 16.4. The van der Waals surface area contributed by atoms with Gasteiger partial charge in [0.05, 0.1) is 25.6 Å². The molecule has 6 rings (SSSR count). The third-order valence-corrected chi connectivity index (χ3v) is 12.1. The SMILES string of the molecule is CN(CCNC(=O)C(CCCCNC(=O)OC(C)(C)C)NC(=O)OC(C)(C)C)C(=O)Oc1ccc2c3c1O[C@H]1C(=O)CC[C@@]4(O)[C@@H](C2)[N@@+](C)(CC2CC2)CC[C@]314.[Cl-]. The van der Waals surface area contributed by atoms with Crippen LogP contribution in [0.3, 0.4) is 0 Å². The number of alkyl carbamates (subject to hydrolysis) is 2. The van der Waals surface area contributed by atoms with E-state index in [2.05, 4.69) is 23.0 Å². The number of hydrogen-bond donors (Lipinski definition) is 4. The van der Waals surface area contributed by atoms with E-state index in [1.165, 1.54) is 17.7 Å². The van der Waals surface area contributed by atoms with Gasteiger partial charge >= 0.3 is 18.3 Å². The predicted molar refractivity (Wildman–Crippen MR) is 205 cm³/mol. The van der Waals surface area contributed by atoms with Gasteiger partial charge in [-0.3, -0.25) is 9.59 Å². The van der Waals surface area contributed by atoms with E-state index in [1.54, 1.807) is 54.7 Å². The smallest absolute Gasteiger partial charge is 0.415 e. The Balaban J connectivity index is 0.00000620. The molecule has 0 aromatic heterocycles. The Labute approximate surface area is 342 Å². The number of unbranched alkanes of at least 4 members (excludes halogenated alkanes) is 1. The first-order chi connectivity index (χ1) is 26.2. The Morgan fingerprint density at radius 1 is 1.00 bits per heavy atom. The van der Waals surface area contributed by atoms with Crippen molar-refractivity contribution in [2.75, 3.05) is 46.8 Å². The van der Waals surface area contributed by atoms with E-state index < -0.39 is 58.6 Å². The zero-order chi connectivity index (χ0) is 40.8. The lowest BCUT2D eigenvalue weighted by Gasteiger charge is -2.64. The molecule has 1 aromatic carbocycles. The summed E-state index contributed by atoms with van der Waals surface area (Å²) in [6.45, 7) is 12.9. The molecule has 3 fully saturated rings. The van der Waals surface area contributed by atoms with Crippen molar-refractivity contribution in [1.29, 1.82) is 0 Å². The van der Waals surface area contributed by atoms with Gasteiger partial charge in [0.1, 0.15) is 28.9 Å². The van der Waals surface area contributed by atoms with E-state index in [-0.39, 0.29) is 55.9 Å². The average Bonchev–Trinajstić information content (AvgIpc) is 3.82. The van der Waals surface area contributed by atoms with Gasteiger partial charge in [-0.1, -0.05) is 6.07 Å². The summed E-state index contributed by atoms with van der Waals surface area (Å²) in [6.07, 6.45) is 2.92. The highest BCUT2D eigenvalue weighted by molar-refractivity contribution is 5.90. The zero-order valence-electron chi connectivity index (χ0n) is 34.8. The van der Waals surface area contributed by atoms with E-state index in [0.717, 1.165) is 28.7 Å². The maximum Gasteiger partial charge on any atom is 0.415 e. The second-order valence-electron chi connectivity index (χ2n) is 18.8. The van der Waals surface area contributed by atoms with Crippen LogP contribution >= 0.6 is 0 Å². The maximum absolute atomic E-state index is 13.5. The van der Waals surface area contributed by atoms with Gasteiger partial charge in [-0.05, 0) is 91.7 Å². The predicted octanol–water partition coefficient (Wildman–Crippen LogP) is 1.10. The number of carbonyl (C=O) groups excluding carboxylic acids is 5. The van der Waals surface area contributed by atoms with Gasteiger partial charge in [0.25, 0.3) is 0 Å². The highest BCUT2D eigenvalue weighted by Crippen LogP contribution is 2.66. The first-order valence-electron chi connectivity index (χ1n) is 20.3. The van der Waals surface area contributed by atoms with Crippen LogP contribution in [0.4, 0.5) is 14.4 Å². The standard InChI is InChI=1S/C41H61N5O10.ClH/c1-38(2,3)55-35(49)43-19-10-9-11-27(44-36(50)56-39(4,5)6)34(48)42-20-21-45(7)37(51)53-29-15-14-26-23-30-41(52)17-16-28(47)33-40(41,31(26)32(29)54-33)18-22-46(30,8)24-25-12-13-25;/h14-15,25,27,30,33,52H,9-13,16-24H2,1-8H3,(H2-,42,43,44,48,49,50);1H/t27?,30-,33+,40+,41-,46-;/m1./s1. The van der Waals surface area contributed by atoms with Gasteiger partial charge in [0.15, 0.2) is 23.4 Å². The molecule has 2 saturated carbocycles. The van der Waals surface area contributed by atoms with Gasteiger partial charge < -0.3 is 61.8 Å². The zero-order valence-corrected chi connectivity index (χ0v) is 35.5. The fourth-order valence-corrected chi connectivity index (χ4v) is 9.44. The fourth-order valence-electron chi connectivity index (χ4n) is 9.44. The molecule has 4 amide bonds. The summed E-state index contributed by atoms with van der Waals surface area (Å²) < 4.78 is 23.8. The number of amides is 4. The van der Waals surface area contributed by atoms with Gasteiger partial charge in [0.2, 0.25) is 5.91 Å². The molecule has 16 heteroatoms. The third-order valence-electron chi connectivity index (χ3n) is 12.1. The van der Waals surface area contributed by atoms with Crippen LogP contribution in [-0.4, -0.2) is 126 Å². The van der Waals surface area contributed by atoms with Gasteiger partial charge in [-0.15, -0.1) is 0 Å². The lowest BCUT2D eigenvalue weighted by molar-refractivity contribution is -0.950. The molecule has 1 saturated heterocycles. The molecule has 1 aromatic rings. The van der Waals surface area contributed by atoms with Gasteiger partial charge in [0, 0.05) is 57.4 Å². The number of Topliss-reactive ketones (excluding diaryl/α,β-unsaturated/α-hetero) is 1. The van der Waals surface area contributed by atoms with Crippen LogP contribution in [0, 0.1) is 5.92 Å². The minimum Gasteiger partial charge on any atom is -1.00 e. The van der Waals surface area contributed by atoms with Crippen molar-refractivity contribution >= 4 is 30.0 Å². The highest BCUT2D eigenvalue weighted by Gasteiger charge is 2.76. The van der Waals surface area contributed by atoms with E-state index in [9.17, 15) is 29.1 Å². The van der Waals surface area contributed by atoms with Crippen LogP contribution in [0.1, 0.15) is 104 Å². The number of ether oxygens (including phenoxy) is 4. The van der Waals surface area contributed by atoms with Crippen molar-refractivity contribution in [3.8, 4) is 11.5 Å². The first kappa shape index (κ1) is 44.3. The number of benzene rings is 1. The van der Waals surface area contributed by atoms with Crippen molar-refractivity contribution in [2.24, 2.45) is 5.92 Å². The summed E-state index contributed by atoms with van der Waals surface area (Å²) in [6, 6.07) is 2.71. The molecule has 15 nitrogen and oxygen atoms in total. The molecular formula is C41H62ClN5O10. The number of piperidine rings is 1. The number of nitrogens with zero attached hydrogens (tertiary/aromatic N) is 2. The molecule has 0 radical (unpaired) electrons. The van der Waals surface area contributed by atoms with Crippen LogP contribution in [0.15, 0.2) is 12.1 Å². The van der Waals surface area contributed by atoms with Crippen molar-refractivity contribution in [3.05, 3.63) is 23.3 Å². The number of aliphatic hydroxyl groups is 1. The lowest BCUT2D eigenvalue weighted by atomic mass is 9.48. The molecule has 6 atom stereocenters. The number of rotatable bonds is 13. The Morgan fingerprint density at radius 3 is 2.35 bits per heavy atom. The van der Waals surface area contributed by atoms with Crippen molar-refractivity contribution in [3.63, 3.8) is 0 Å². The Bertz CT molecular complexity index is 1730. The van der Waals surface area contributed by atoms with Crippen LogP contribution in [0.2, 0.25) is 0 Å². The molecule has 5 aliphatic rings. The highest BCUT2D eigenvalue weighted by atomic mass is 35.5. The third kappa shape index (κ3) is 9.25. The minimum absolute atomic E-state index is 0. The molecule has 2 heterocycles. The molecule has 1 unspecified atom stereocenters. The van der Waals surface area contributed by atoms with E-state index in [4.69, 9.17) is 18.9 Å². The average molecular weight is 820 g/mol. The van der Waals surface area contributed by atoms with E-state index in [0.29, 0.717) is 50.3 Å². The Hall–Kier alpha value is -3.82. The monoisotopic (exact) mass is 819 g/mol. The number of quaternary nitrogens is 1.